The number of nitrogens with one attached hydrogen (secondary N) is 1. The zero-order valence-electron chi connectivity index (χ0n) is 18.5. The van der Waals surface area contributed by atoms with Crippen molar-refractivity contribution in [1.29, 1.82) is 0 Å². The lowest BCUT2D eigenvalue weighted by atomic mass is 9.88. The Morgan fingerprint density at radius 3 is 2.28 bits per heavy atom. The number of piperidine rings is 1. The van der Waals surface area contributed by atoms with Gasteiger partial charge in [0.1, 0.15) is 5.76 Å². The number of carbonyl (C=O) groups excluding carboxylic acids is 2. The van der Waals surface area contributed by atoms with E-state index in [1.807, 2.05) is 12.1 Å². The van der Waals surface area contributed by atoms with Crippen LogP contribution >= 0.6 is 0 Å². The molecule has 1 atom stereocenters. The molecule has 3 aromatic rings. The molecule has 1 N–H and O–H groups in total. The summed E-state index contributed by atoms with van der Waals surface area (Å²) in [7, 11) is 0. The second-order valence-electron chi connectivity index (χ2n) is 8.43. The number of hydrogen-bond acceptors (Lipinski definition) is 3. The highest BCUT2D eigenvalue weighted by atomic mass is 16.3. The third kappa shape index (κ3) is 5.10. The first-order valence-electron chi connectivity index (χ1n) is 11.3. The Kier molecular flexibility index (Phi) is 7.05. The maximum Gasteiger partial charge on any atom is 0.257 e. The van der Waals surface area contributed by atoms with Gasteiger partial charge in [-0.3, -0.25) is 9.59 Å². The Hall–Kier alpha value is -3.34. The molecule has 1 saturated heterocycles. The third-order valence-electron chi connectivity index (χ3n) is 6.30. The van der Waals surface area contributed by atoms with Crippen molar-refractivity contribution in [3.8, 4) is 0 Å². The summed E-state index contributed by atoms with van der Waals surface area (Å²) in [6, 6.07) is 22.5. The number of likely N-dealkylation sites (tertiary alicyclic amines) is 1. The van der Waals surface area contributed by atoms with Gasteiger partial charge < -0.3 is 14.6 Å². The zero-order valence-corrected chi connectivity index (χ0v) is 18.5. The predicted molar refractivity (Wildman–Crippen MR) is 124 cm³/mol. The quantitative estimate of drug-likeness (QED) is 0.587. The topological polar surface area (TPSA) is 62.6 Å². The maximum atomic E-state index is 12.9. The number of amides is 2. The summed E-state index contributed by atoms with van der Waals surface area (Å²) < 4.78 is 5.27. The van der Waals surface area contributed by atoms with E-state index in [0.717, 1.165) is 19.3 Å². The van der Waals surface area contributed by atoms with Crippen LogP contribution in [0, 0.1) is 12.8 Å². The van der Waals surface area contributed by atoms with Crippen molar-refractivity contribution in [2.24, 2.45) is 5.92 Å². The van der Waals surface area contributed by atoms with E-state index in [4.69, 9.17) is 4.42 Å². The van der Waals surface area contributed by atoms with Crippen molar-refractivity contribution in [3.05, 3.63) is 95.4 Å². The van der Waals surface area contributed by atoms with Crippen molar-refractivity contribution in [2.75, 3.05) is 19.6 Å². The van der Waals surface area contributed by atoms with Crippen LogP contribution in [0.25, 0.3) is 0 Å². The Bertz CT molecular complexity index is 990. The minimum absolute atomic E-state index is 0.0336. The molecule has 2 aromatic carbocycles. The molecule has 0 saturated carbocycles. The maximum absolute atomic E-state index is 12.9. The van der Waals surface area contributed by atoms with Gasteiger partial charge in [-0.15, -0.1) is 0 Å². The number of nitrogens with zero attached hydrogens (tertiary/aromatic N) is 1. The highest BCUT2D eigenvalue weighted by molar-refractivity contribution is 5.95. The van der Waals surface area contributed by atoms with Gasteiger partial charge in [0.05, 0.1) is 17.7 Å². The van der Waals surface area contributed by atoms with E-state index < -0.39 is 0 Å². The van der Waals surface area contributed by atoms with Crippen LogP contribution in [-0.4, -0.2) is 36.3 Å². The van der Waals surface area contributed by atoms with Crippen LogP contribution in [-0.2, 0) is 4.79 Å². The Balaban J connectivity index is 1.35. The first kappa shape index (κ1) is 21.9. The van der Waals surface area contributed by atoms with Crippen LogP contribution in [0.2, 0.25) is 0 Å². The molecular formula is C27H30N2O3. The summed E-state index contributed by atoms with van der Waals surface area (Å²) in [4.78, 5) is 27.5. The lowest BCUT2D eigenvalue weighted by molar-refractivity contribution is -0.126. The number of aryl methyl sites for hydroxylation is 1. The van der Waals surface area contributed by atoms with Crippen LogP contribution in [0.4, 0.5) is 0 Å². The molecule has 0 radical (unpaired) electrons. The van der Waals surface area contributed by atoms with Crippen LogP contribution in [0.15, 0.2) is 77.4 Å². The Labute approximate surface area is 189 Å². The fourth-order valence-corrected chi connectivity index (χ4v) is 4.53. The van der Waals surface area contributed by atoms with Crippen molar-refractivity contribution < 1.29 is 14.0 Å². The van der Waals surface area contributed by atoms with Crippen molar-refractivity contribution in [2.45, 2.75) is 32.1 Å². The molecular weight excluding hydrogens is 400 g/mol. The number of benzene rings is 2. The van der Waals surface area contributed by atoms with E-state index in [-0.39, 0.29) is 23.7 Å². The summed E-state index contributed by atoms with van der Waals surface area (Å²) in [6.07, 6.45) is 3.99. The molecule has 166 valence electrons. The van der Waals surface area contributed by atoms with Gasteiger partial charge in [0.2, 0.25) is 5.91 Å². The van der Waals surface area contributed by atoms with Gasteiger partial charge in [-0.2, -0.15) is 0 Å². The second-order valence-corrected chi connectivity index (χ2v) is 8.43. The van der Waals surface area contributed by atoms with Crippen LogP contribution in [0.5, 0.6) is 0 Å². The molecule has 0 spiro atoms. The fraction of sp³-hybridized carbons (Fsp3) is 0.333. The molecule has 2 amide bonds. The summed E-state index contributed by atoms with van der Waals surface area (Å²) in [5.41, 5.74) is 3.08. The van der Waals surface area contributed by atoms with Crippen LogP contribution in [0.1, 0.15) is 52.4 Å². The van der Waals surface area contributed by atoms with Gasteiger partial charge in [0.15, 0.2) is 0 Å². The Morgan fingerprint density at radius 1 is 1.03 bits per heavy atom. The standard InChI is InChI=1S/C27H30N2O3/c1-20-24(15-18-32-20)27(31)29-17-8-13-23(19-29)26(30)28-16-14-25(21-9-4-2-5-10-21)22-11-6-3-7-12-22/h2-7,9-12,15,18,23,25H,8,13-14,16-17,19H2,1H3,(H,28,30). The highest BCUT2D eigenvalue weighted by Crippen LogP contribution is 2.27. The van der Waals surface area contributed by atoms with Crippen LogP contribution in [0.3, 0.4) is 0 Å². The number of hydrogen-bond donors (Lipinski definition) is 1. The lowest BCUT2D eigenvalue weighted by Crippen LogP contribution is -2.45. The van der Waals surface area contributed by atoms with E-state index in [1.54, 1.807) is 17.9 Å². The predicted octanol–water partition coefficient (Wildman–Crippen LogP) is 4.78. The fourth-order valence-electron chi connectivity index (χ4n) is 4.53. The average molecular weight is 431 g/mol. The molecule has 5 heteroatoms. The first-order valence-corrected chi connectivity index (χ1v) is 11.3. The van der Waals surface area contributed by atoms with Gasteiger partial charge in [-0.05, 0) is 43.4 Å². The van der Waals surface area contributed by atoms with Crippen molar-refractivity contribution >= 4 is 11.8 Å². The zero-order chi connectivity index (χ0) is 22.3. The van der Waals surface area contributed by atoms with Gasteiger partial charge in [0, 0.05) is 25.6 Å². The van der Waals surface area contributed by atoms with Crippen molar-refractivity contribution in [1.82, 2.24) is 10.2 Å². The summed E-state index contributed by atoms with van der Waals surface area (Å²) in [5, 5.41) is 3.13. The molecule has 1 aliphatic heterocycles. The molecule has 1 unspecified atom stereocenters. The minimum Gasteiger partial charge on any atom is -0.469 e. The molecule has 2 heterocycles. The number of furan rings is 1. The number of carbonyl (C=O) groups is 2. The van der Waals surface area contributed by atoms with Crippen LogP contribution < -0.4 is 5.32 Å². The lowest BCUT2D eigenvalue weighted by Gasteiger charge is -2.32. The Morgan fingerprint density at radius 2 is 1.69 bits per heavy atom. The summed E-state index contributed by atoms with van der Waals surface area (Å²) in [5.74, 6) is 0.653. The van der Waals surface area contributed by atoms with Gasteiger partial charge in [0.25, 0.3) is 5.91 Å². The first-order chi connectivity index (χ1) is 15.6. The van der Waals surface area contributed by atoms with E-state index in [0.29, 0.717) is 31.0 Å². The molecule has 1 fully saturated rings. The molecule has 0 bridgehead atoms. The molecule has 32 heavy (non-hydrogen) atoms. The molecule has 4 rings (SSSR count). The second kappa shape index (κ2) is 10.3. The molecule has 1 aliphatic rings. The highest BCUT2D eigenvalue weighted by Gasteiger charge is 2.30. The normalized spacial score (nSPS) is 16.2. The number of rotatable bonds is 7. The van der Waals surface area contributed by atoms with E-state index in [2.05, 4.69) is 53.8 Å². The molecule has 1 aromatic heterocycles. The van der Waals surface area contributed by atoms with Crippen molar-refractivity contribution in [3.63, 3.8) is 0 Å². The molecule has 0 aliphatic carbocycles. The SMILES string of the molecule is Cc1occc1C(=O)N1CCCC(C(=O)NCCC(c2ccccc2)c2ccccc2)C1. The minimum atomic E-state index is -0.174. The van der Waals surface area contributed by atoms with Gasteiger partial charge >= 0.3 is 0 Å². The largest absolute Gasteiger partial charge is 0.469 e. The monoisotopic (exact) mass is 430 g/mol. The summed E-state index contributed by atoms with van der Waals surface area (Å²) in [6.45, 7) is 3.52. The third-order valence-corrected chi connectivity index (χ3v) is 6.30. The van der Waals surface area contributed by atoms with E-state index in [9.17, 15) is 9.59 Å². The average Bonchev–Trinajstić information content (AvgIpc) is 3.28. The van der Waals surface area contributed by atoms with Gasteiger partial charge in [-0.25, -0.2) is 0 Å². The van der Waals surface area contributed by atoms with E-state index >= 15 is 0 Å². The molecule has 5 nitrogen and oxygen atoms in total. The smallest absolute Gasteiger partial charge is 0.257 e. The van der Waals surface area contributed by atoms with Gasteiger partial charge in [-0.1, -0.05) is 60.7 Å². The van der Waals surface area contributed by atoms with E-state index in [1.165, 1.54) is 17.4 Å². The summed E-state index contributed by atoms with van der Waals surface area (Å²) >= 11 is 0.